The lowest BCUT2D eigenvalue weighted by molar-refractivity contribution is -0.144. The van der Waals surface area contributed by atoms with Gasteiger partial charge in [0.2, 0.25) is 0 Å². The second-order valence-electron chi connectivity index (χ2n) is 15.9. The van der Waals surface area contributed by atoms with Crippen molar-refractivity contribution in [2.45, 2.75) is 78.0 Å². The highest BCUT2D eigenvalue weighted by atomic mass is 35.5. The van der Waals surface area contributed by atoms with E-state index in [2.05, 4.69) is 58.3 Å². The molecule has 3 aromatic heterocycles. The van der Waals surface area contributed by atoms with Gasteiger partial charge in [0.1, 0.15) is 42.3 Å². The predicted octanol–water partition coefficient (Wildman–Crippen LogP) is 8.74. The van der Waals surface area contributed by atoms with Crippen LogP contribution in [0.1, 0.15) is 64.6 Å². The van der Waals surface area contributed by atoms with E-state index < -0.39 is 12.0 Å². The summed E-state index contributed by atoms with van der Waals surface area (Å²) in [4.78, 5) is 30.0. The highest BCUT2D eigenvalue weighted by Gasteiger charge is 2.29. The number of nitriles is 1. The molecular weight excluding hydrogens is 790 g/mol. The Labute approximate surface area is 360 Å². The number of nitrogens with zero attached hydrogens (tertiary/aromatic N) is 6. The van der Waals surface area contributed by atoms with Crippen LogP contribution in [-0.2, 0) is 31.1 Å². The summed E-state index contributed by atoms with van der Waals surface area (Å²) in [6.45, 7) is 7.88. The molecule has 61 heavy (non-hydrogen) atoms. The maximum atomic E-state index is 12.1. The molecule has 2 atom stereocenters. The number of aliphatic hydroxyl groups is 1. The van der Waals surface area contributed by atoms with Gasteiger partial charge in [-0.3, -0.25) is 24.6 Å². The molecule has 0 radical (unpaired) electrons. The van der Waals surface area contributed by atoms with Crippen LogP contribution >= 0.6 is 11.6 Å². The van der Waals surface area contributed by atoms with Crippen molar-refractivity contribution < 1.29 is 24.5 Å². The van der Waals surface area contributed by atoms with Gasteiger partial charge in [0, 0.05) is 79.2 Å². The molecule has 12 nitrogen and oxygen atoms in total. The van der Waals surface area contributed by atoms with Crippen LogP contribution in [0, 0.1) is 25.2 Å². The van der Waals surface area contributed by atoms with E-state index in [4.69, 9.17) is 26.1 Å². The SMILES string of the molecule is Cc1c(COc2cc(OCc3cncc(C#N)c3)c(CN3CCCCC3C(=O)O)cc2Cl)cccc1-c1cccc(Nc2nccc3cc(CN4CCC(O)C4)cnc23)c1C. The zero-order chi connectivity index (χ0) is 42.5. The van der Waals surface area contributed by atoms with Crippen molar-refractivity contribution in [2.24, 2.45) is 0 Å². The number of carboxylic acids is 1. The number of aliphatic carboxylic acids is 1. The minimum absolute atomic E-state index is 0.146. The Morgan fingerprint density at radius 1 is 0.885 bits per heavy atom. The fourth-order valence-corrected chi connectivity index (χ4v) is 8.63. The molecule has 0 bridgehead atoms. The smallest absolute Gasteiger partial charge is 0.320 e. The van der Waals surface area contributed by atoms with Gasteiger partial charge in [-0.25, -0.2) is 4.98 Å². The number of fused-ring (bicyclic) bond motifs is 1. The number of halogens is 1. The Balaban J connectivity index is 1.02. The first-order valence-corrected chi connectivity index (χ1v) is 21.0. The van der Waals surface area contributed by atoms with Gasteiger partial charge in [-0.2, -0.15) is 5.26 Å². The van der Waals surface area contributed by atoms with Crippen LogP contribution in [0.4, 0.5) is 11.5 Å². The van der Waals surface area contributed by atoms with Gasteiger partial charge in [-0.15, -0.1) is 0 Å². The Hall–Kier alpha value is -6.10. The number of ether oxygens (including phenoxy) is 2. The molecule has 312 valence electrons. The minimum atomic E-state index is -0.840. The van der Waals surface area contributed by atoms with Crippen molar-refractivity contribution >= 4 is 40.0 Å². The lowest BCUT2D eigenvalue weighted by atomic mass is 9.93. The molecular formula is C48H48ClN7O5. The number of carboxylic acid groups (broad SMARTS) is 1. The van der Waals surface area contributed by atoms with Gasteiger partial charge in [0.05, 0.1) is 16.7 Å². The second kappa shape index (κ2) is 18.7. The fraction of sp³-hybridized carbons (Fsp3) is 0.312. The first-order valence-electron chi connectivity index (χ1n) is 20.6. The topological polar surface area (TPSA) is 157 Å². The summed E-state index contributed by atoms with van der Waals surface area (Å²) in [6.07, 6.45) is 9.74. The molecule has 0 amide bonds. The first-order chi connectivity index (χ1) is 29.6. The molecule has 8 rings (SSSR count). The second-order valence-corrected chi connectivity index (χ2v) is 16.3. The maximum Gasteiger partial charge on any atom is 0.320 e. The molecule has 6 aromatic rings. The standard InChI is InChI=1S/C48H48ClN7O5/c1-30-36(29-61-45-20-44(60-28-34-17-32(21-50)22-51-23-34)37(19-41(45)49)26-56-15-4-3-11-43(56)48(58)59)7-5-8-39(30)40-9-6-10-42(31(40)2)54-47-46-35(12-14-52-47)18-33(24-53-46)25-55-16-13-38(57)27-55/h5-10,12,14,17-20,22-24,38,43,57H,3-4,11,13,15-16,25-29H2,1-2H3,(H,52,54)(H,58,59). The average molecular weight is 838 g/mol. The quantitative estimate of drug-likeness (QED) is 0.0960. The van der Waals surface area contributed by atoms with E-state index in [0.717, 1.165) is 93.4 Å². The Bertz CT molecular complexity index is 2620. The highest BCUT2D eigenvalue weighted by Crippen LogP contribution is 2.38. The van der Waals surface area contributed by atoms with E-state index in [1.165, 1.54) is 6.20 Å². The third kappa shape index (κ3) is 9.61. The van der Waals surface area contributed by atoms with Gasteiger partial charge in [-0.05, 0) is 103 Å². The Morgan fingerprint density at radius 2 is 1.70 bits per heavy atom. The summed E-state index contributed by atoms with van der Waals surface area (Å²) < 4.78 is 12.8. The third-order valence-electron chi connectivity index (χ3n) is 11.7. The van der Waals surface area contributed by atoms with Crippen LogP contribution in [0.3, 0.4) is 0 Å². The summed E-state index contributed by atoms with van der Waals surface area (Å²) in [5.41, 5.74) is 9.94. The van der Waals surface area contributed by atoms with Gasteiger partial charge >= 0.3 is 5.97 Å². The Kier molecular flexibility index (Phi) is 12.7. The average Bonchev–Trinajstić information content (AvgIpc) is 3.68. The molecule has 5 heterocycles. The van der Waals surface area contributed by atoms with E-state index in [9.17, 15) is 20.3 Å². The summed E-state index contributed by atoms with van der Waals surface area (Å²) in [6, 6.07) is 23.3. The fourth-order valence-electron chi connectivity index (χ4n) is 8.39. The van der Waals surface area contributed by atoms with Crippen molar-refractivity contribution in [3.8, 4) is 28.7 Å². The summed E-state index contributed by atoms with van der Waals surface area (Å²) in [5, 5.41) is 34.3. The molecule has 0 spiro atoms. The molecule has 2 aliphatic rings. The number of β-amino-alcohol motifs (C(OH)–C–C–N with tert-alkyl or cyclic N) is 1. The van der Waals surface area contributed by atoms with E-state index in [0.29, 0.717) is 54.0 Å². The van der Waals surface area contributed by atoms with E-state index in [1.807, 2.05) is 41.4 Å². The molecule has 2 saturated heterocycles. The maximum absolute atomic E-state index is 12.1. The highest BCUT2D eigenvalue weighted by molar-refractivity contribution is 6.32. The number of nitrogens with one attached hydrogen (secondary N) is 1. The van der Waals surface area contributed by atoms with Crippen LogP contribution in [0.15, 0.2) is 91.5 Å². The molecule has 3 aromatic carbocycles. The monoisotopic (exact) mass is 837 g/mol. The number of aliphatic hydroxyl groups excluding tert-OH is 1. The summed E-state index contributed by atoms with van der Waals surface area (Å²) in [7, 11) is 0. The molecule has 0 saturated carbocycles. The number of carbonyl (C=O) groups is 1. The molecule has 2 aliphatic heterocycles. The van der Waals surface area contributed by atoms with E-state index in [-0.39, 0.29) is 19.3 Å². The first kappa shape index (κ1) is 41.6. The van der Waals surface area contributed by atoms with Crippen molar-refractivity contribution in [1.82, 2.24) is 24.8 Å². The summed E-state index contributed by atoms with van der Waals surface area (Å²) in [5.74, 6) is 0.785. The lowest BCUT2D eigenvalue weighted by Crippen LogP contribution is -2.44. The number of pyridine rings is 3. The van der Waals surface area contributed by atoms with Crippen molar-refractivity contribution in [1.29, 1.82) is 5.26 Å². The molecule has 0 aliphatic carbocycles. The number of rotatable bonds is 14. The van der Waals surface area contributed by atoms with Crippen molar-refractivity contribution in [3.05, 3.63) is 135 Å². The van der Waals surface area contributed by atoms with Crippen molar-refractivity contribution in [3.63, 3.8) is 0 Å². The zero-order valence-electron chi connectivity index (χ0n) is 34.3. The molecule has 2 unspecified atom stereocenters. The number of piperidine rings is 1. The Morgan fingerprint density at radius 3 is 2.51 bits per heavy atom. The number of hydrogen-bond donors (Lipinski definition) is 3. The van der Waals surface area contributed by atoms with Crippen LogP contribution in [0.25, 0.3) is 22.0 Å². The zero-order valence-corrected chi connectivity index (χ0v) is 35.0. The van der Waals surface area contributed by atoms with Crippen molar-refractivity contribution in [2.75, 3.05) is 25.0 Å². The lowest BCUT2D eigenvalue weighted by Gasteiger charge is -2.33. The largest absolute Gasteiger partial charge is 0.488 e. The van der Waals surface area contributed by atoms with E-state index >= 15 is 0 Å². The van der Waals surface area contributed by atoms with Crippen LogP contribution in [-0.4, -0.2) is 72.7 Å². The van der Waals surface area contributed by atoms with Gasteiger partial charge in [-0.1, -0.05) is 48.4 Å². The number of aromatic nitrogens is 3. The normalized spacial score (nSPS) is 17.0. The van der Waals surface area contributed by atoms with Gasteiger partial charge in [0.15, 0.2) is 5.82 Å². The molecule has 13 heteroatoms. The molecule has 3 N–H and O–H groups in total. The van der Waals surface area contributed by atoms with E-state index in [1.54, 1.807) is 30.6 Å². The number of hydrogen-bond acceptors (Lipinski definition) is 11. The van der Waals surface area contributed by atoms with Gasteiger partial charge < -0.3 is 25.0 Å². The molecule has 2 fully saturated rings. The van der Waals surface area contributed by atoms with Crippen LogP contribution in [0.2, 0.25) is 5.02 Å². The number of anilines is 2. The van der Waals surface area contributed by atoms with Crippen LogP contribution in [0.5, 0.6) is 11.5 Å². The van der Waals surface area contributed by atoms with Crippen LogP contribution < -0.4 is 14.8 Å². The number of benzene rings is 3. The minimum Gasteiger partial charge on any atom is -0.488 e. The predicted molar refractivity (Wildman–Crippen MR) is 235 cm³/mol. The number of likely N-dealkylation sites (tertiary alicyclic amines) is 2. The van der Waals surface area contributed by atoms with Gasteiger partial charge in [0.25, 0.3) is 0 Å². The summed E-state index contributed by atoms with van der Waals surface area (Å²) >= 11 is 6.91. The third-order valence-corrected chi connectivity index (χ3v) is 12.0.